The van der Waals surface area contributed by atoms with Crippen molar-refractivity contribution in [1.29, 1.82) is 0 Å². The van der Waals surface area contributed by atoms with Gasteiger partial charge < -0.3 is 10.2 Å². The van der Waals surface area contributed by atoms with Gasteiger partial charge in [-0.1, -0.05) is 49.2 Å². The molecule has 0 heterocycles. The van der Waals surface area contributed by atoms with Gasteiger partial charge in [0.05, 0.1) is 0 Å². The summed E-state index contributed by atoms with van der Waals surface area (Å²) >= 11 is 3.64. The number of hydrogen-bond donors (Lipinski definition) is 1. The minimum absolute atomic E-state index is 0.525. The van der Waals surface area contributed by atoms with Crippen molar-refractivity contribution in [2.45, 2.75) is 65.1 Å². The largest absolute Gasteiger partial charge is 0.368 e. The van der Waals surface area contributed by atoms with Gasteiger partial charge in [-0.15, -0.1) is 0 Å². The fourth-order valence-corrected chi connectivity index (χ4v) is 2.83. The SMILES string of the molecule is CCCCN(c1cc(Br)ccc1CNC(C)C)C1CC1. The number of rotatable bonds is 8. The van der Waals surface area contributed by atoms with Crippen molar-refractivity contribution in [1.82, 2.24) is 5.32 Å². The van der Waals surface area contributed by atoms with Gasteiger partial charge in [0.1, 0.15) is 0 Å². The molecular weight excluding hydrogens is 312 g/mol. The Labute approximate surface area is 132 Å². The number of nitrogens with one attached hydrogen (secondary N) is 1. The summed E-state index contributed by atoms with van der Waals surface area (Å²) in [6.07, 6.45) is 5.25. The van der Waals surface area contributed by atoms with E-state index in [1.165, 1.54) is 48.0 Å². The van der Waals surface area contributed by atoms with Gasteiger partial charge in [-0.3, -0.25) is 0 Å². The molecule has 1 aliphatic rings. The molecule has 0 unspecified atom stereocenters. The van der Waals surface area contributed by atoms with Gasteiger partial charge in [-0.2, -0.15) is 0 Å². The van der Waals surface area contributed by atoms with E-state index in [1.807, 2.05) is 0 Å². The summed E-state index contributed by atoms with van der Waals surface area (Å²) in [7, 11) is 0. The van der Waals surface area contributed by atoms with Crippen LogP contribution >= 0.6 is 15.9 Å². The summed E-state index contributed by atoms with van der Waals surface area (Å²) in [5.41, 5.74) is 2.84. The molecule has 2 rings (SSSR count). The van der Waals surface area contributed by atoms with Crippen molar-refractivity contribution >= 4 is 21.6 Å². The molecule has 20 heavy (non-hydrogen) atoms. The van der Waals surface area contributed by atoms with Crippen LogP contribution in [0.25, 0.3) is 0 Å². The monoisotopic (exact) mass is 338 g/mol. The maximum Gasteiger partial charge on any atom is 0.0425 e. The Morgan fingerprint density at radius 1 is 1.35 bits per heavy atom. The summed E-state index contributed by atoms with van der Waals surface area (Å²) in [4.78, 5) is 2.63. The average Bonchev–Trinajstić information content (AvgIpc) is 3.22. The molecular formula is C17H27BrN2. The number of unbranched alkanes of at least 4 members (excludes halogenated alkanes) is 1. The lowest BCUT2D eigenvalue weighted by Gasteiger charge is -2.28. The van der Waals surface area contributed by atoms with Crippen molar-refractivity contribution in [3.8, 4) is 0 Å². The Hall–Kier alpha value is -0.540. The zero-order chi connectivity index (χ0) is 14.5. The average molecular weight is 339 g/mol. The van der Waals surface area contributed by atoms with Gasteiger partial charge >= 0.3 is 0 Å². The van der Waals surface area contributed by atoms with Gasteiger partial charge in [0.15, 0.2) is 0 Å². The van der Waals surface area contributed by atoms with Gasteiger partial charge in [0, 0.05) is 35.3 Å². The molecule has 0 spiro atoms. The molecule has 3 heteroatoms. The molecule has 0 atom stereocenters. The molecule has 1 aromatic carbocycles. The van der Waals surface area contributed by atoms with E-state index in [4.69, 9.17) is 0 Å². The van der Waals surface area contributed by atoms with Crippen molar-refractivity contribution in [2.75, 3.05) is 11.4 Å². The third-order valence-electron chi connectivity index (χ3n) is 3.80. The van der Waals surface area contributed by atoms with Crippen molar-refractivity contribution < 1.29 is 0 Å². The Kier molecular flexibility index (Phi) is 5.91. The van der Waals surface area contributed by atoms with Crippen LogP contribution in [0, 0.1) is 0 Å². The van der Waals surface area contributed by atoms with Crippen LogP contribution < -0.4 is 10.2 Å². The van der Waals surface area contributed by atoms with Crippen molar-refractivity contribution in [3.05, 3.63) is 28.2 Å². The predicted molar refractivity (Wildman–Crippen MR) is 91.4 cm³/mol. The standard InChI is InChI=1S/C17H27BrN2/c1-4-5-10-20(16-8-9-16)17-11-15(18)7-6-14(17)12-19-13(2)3/h6-7,11,13,16,19H,4-5,8-10,12H2,1-3H3. The zero-order valence-electron chi connectivity index (χ0n) is 13.0. The maximum absolute atomic E-state index is 3.64. The molecule has 0 saturated heterocycles. The van der Waals surface area contributed by atoms with E-state index in [0.29, 0.717) is 6.04 Å². The fourth-order valence-electron chi connectivity index (χ4n) is 2.48. The highest BCUT2D eigenvalue weighted by Crippen LogP contribution is 2.35. The minimum atomic E-state index is 0.525. The Balaban J connectivity index is 2.19. The highest BCUT2D eigenvalue weighted by Gasteiger charge is 2.30. The maximum atomic E-state index is 3.64. The molecule has 0 radical (unpaired) electrons. The van der Waals surface area contributed by atoms with E-state index >= 15 is 0 Å². The van der Waals surface area contributed by atoms with Crippen molar-refractivity contribution in [2.24, 2.45) is 0 Å². The van der Waals surface area contributed by atoms with E-state index < -0.39 is 0 Å². The van der Waals surface area contributed by atoms with Crippen LogP contribution in [0.4, 0.5) is 5.69 Å². The Morgan fingerprint density at radius 2 is 2.10 bits per heavy atom. The summed E-state index contributed by atoms with van der Waals surface area (Å²) in [6.45, 7) is 8.82. The quantitative estimate of drug-likeness (QED) is 0.737. The van der Waals surface area contributed by atoms with E-state index in [0.717, 1.165) is 12.6 Å². The number of nitrogens with zero attached hydrogens (tertiary/aromatic N) is 1. The highest BCUT2D eigenvalue weighted by atomic mass is 79.9. The Bertz CT molecular complexity index is 427. The molecule has 1 saturated carbocycles. The van der Waals surface area contributed by atoms with Crippen LogP contribution in [-0.4, -0.2) is 18.6 Å². The van der Waals surface area contributed by atoms with Crippen LogP contribution in [0.2, 0.25) is 0 Å². The summed E-state index contributed by atoms with van der Waals surface area (Å²) < 4.78 is 1.18. The number of hydrogen-bond acceptors (Lipinski definition) is 2. The topological polar surface area (TPSA) is 15.3 Å². The summed E-state index contributed by atoms with van der Waals surface area (Å²) in [5, 5.41) is 3.55. The van der Waals surface area contributed by atoms with Crippen LogP contribution in [-0.2, 0) is 6.54 Å². The second-order valence-corrected chi connectivity index (χ2v) is 7.00. The lowest BCUT2D eigenvalue weighted by atomic mass is 10.1. The second-order valence-electron chi connectivity index (χ2n) is 6.09. The predicted octanol–water partition coefficient (Wildman–Crippen LogP) is 4.72. The first kappa shape index (κ1) is 15.8. The lowest BCUT2D eigenvalue weighted by Crippen LogP contribution is -2.29. The normalized spacial score (nSPS) is 14.8. The zero-order valence-corrected chi connectivity index (χ0v) is 14.5. The number of anilines is 1. The summed E-state index contributed by atoms with van der Waals surface area (Å²) in [6, 6.07) is 8.01. The van der Waals surface area contributed by atoms with Gasteiger partial charge in [0.25, 0.3) is 0 Å². The molecule has 1 aliphatic carbocycles. The molecule has 1 aromatic rings. The lowest BCUT2D eigenvalue weighted by molar-refractivity contribution is 0.586. The van der Waals surface area contributed by atoms with E-state index in [2.05, 4.69) is 65.1 Å². The Morgan fingerprint density at radius 3 is 2.70 bits per heavy atom. The van der Waals surface area contributed by atoms with E-state index in [9.17, 15) is 0 Å². The highest BCUT2D eigenvalue weighted by molar-refractivity contribution is 9.10. The number of halogens is 1. The van der Waals surface area contributed by atoms with Crippen LogP contribution in [0.5, 0.6) is 0 Å². The third kappa shape index (κ3) is 4.49. The van der Waals surface area contributed by atoms with E-state index in [1.54, 1.807) is 0 Å². The van der Waals surface area contributed by atoms with Crippen molar-refractivity contribution in [3.63, 3.8) is 0 Å². The molecule has 2 nitrogen and oxygen atoms in total. The molecule has 0 aliphatic heterocycles. The smallest absolute Gasteiger partial charge is 0.0425 e. The van der Waals surface area contributed by atoms with Crippen LogP contribution in [0.3, 0.4) is 0 Å². The second kappa shape index (κ2) is 7.46. The third-order valence-corrected chi connectivity index (χ3v) is 4.29. The van der Waals surface area contributed by atoms with Crippen LogP contribution in [0.1, 0.15) is 52.0 Å². The molecule has 1 fully saturated rings. The molecule has 0 amide bonds. The first-order chi connectivity index (χ1) is 9.61. The van der Waals surface area contributed by atoms with E-state index in [-0.39, 0.29) is 0 Å². The number of benzene rings is 1. The van der Waals surface area contributed by atoms with Crippen LogP contribution in [0.15, 0.2) is 22.7 Å². The van der Waals surface area contributed by atoms with Gasteiger partial charge in [0.2, 0.25) is 0 Å². The molecule has 0 aromatic heterocycles. The van der Waals surface area contributed by atoms with Gasteiger partial charge in [-0.05, 0) is 37.0 Å². The molecule has 0 bridgehead atoms. The summed E-state index contributed by atoms with van der Waals surface area (Å²) in [5.74, 6) is 0. The fraction of sp³-hybridized carbons (Fsp3) is 0.647. The first-order valence-corrected chi connectivity index (χ1v) is 8.69. The van der Waals surface area contributed by atoms with Gasteiger partial charge in [-0.25, -0.2) is 0 Å². The molecule has 1 N–H and O–H groups in total. The molecule has 112 valence electrons. The minimum Gasteiger partial charge on any atom is -0.368 e. The first-order valence-electron chi connectivity index (χ1n) is 7.90.